The number of carbonyl (C=O) groups excluding carboxylic acids is 1. The van der Waals surface area contributed by atoms with Crippen LogP contribution in [0.2, 0.25) is 0 Å². The maximum Gasteiger partial charge on any atom is 0.317 e. The van der Waals surface area contributed by atoms with E-state index in [1.165, 1.54) is 0 Å². The summed E-state index contributed by atoms with van der Waals surface area (Å²) in [6, 6.07) is 8.00. The van der Waals surface area contributed by atoms with E-state index in [0.717, 1.165) is 43.7 Å². The molecule has 0 aliphatic carbocycles. The number of likely N-dealkylation sites (N-methyl/N-ethyl adjacent to an activating group) is 1. The zero-order valence-corrected chi connectivity index (χ0v) is 17.5. The van der Waals surface area contributed by atoms with Crippen molar-refractivity contribution >= 4 is 24.3 Å². The molecule has 1 aliphatic heterocycles. The molecular formula is C20H32ClN3O4. The van der Waals surface area contributed by atoms with Crippen molar-refractivity contribution in [2.45, 2.75) is 38.8 Å². The van der Waals surface area contributed by atoms with E-state index in [2.05, 4.69) is 10.2 Å². The van der Waals surface area contributed by atoms with E-state index in [1.54, 1.807) is 0 Å². The summed E-state index contributed by atoms with van der Waals surface area (Å²) in [5.74, 6) is 0.0221. The molecule has 0 saturated carbocycles. The van der Waals surface area contributed by atoms with Crippen LogP contribution in [-0.2, 0) is 16.1 Å². The molecule has 1 aliphatic rings. The van der Waals surface area contributed by atoms with Gasteiger partial charge in [0.1, 0.15) is 5.75 Å². The number of carbonyl (C=O) groups is 2. The van der Waals surface area contributed by atoms with E-state index < -0.39 is 5.97 Å². The van der Waals surface area contributed by atoms with Crippen molar-refractivity contribution < 1.29 is 19.4 Å². The van der Waals surface area contributed by atoms with Crippen LogP contribution < -0.4 is 10.1 Å². The van der Waals surface area contributed by atoms with Gasteiger partial charge in [0.25, 0.3) is 0 Å². The first kappa shape index (κ1) is 24.2. The lowest BCUT2D eigenvalue weighted by Crippen LogP contribution is -2.39. The highest BCUT2D eigenvalue weighted by Gasteiger charge is 2.22. The number of ether oxygens (including phenoxy) is 1. The molecule has 1 saturated heterocycles. The number of hydrogen-bond donors (Lipinski definition) is 2. The molecule has 1 atom stereocenters. The van der Waals surface area contributed by atoms with Crippen molar-refractivity contribution in [1.29, 1.82) is 0 Å². The van der Waals surface area contributed by atoms with Crippen LogP contribution in [0.15, 0.2) is 24.3 Å². The number of amides is 1. The van der Waals surface area contributed by atoms with Crippen molar-refractivity contribution in [1.82, 2.24) is 15.1 Å². The van der Waals surface area contributed by atoms with E-state index in [1.807, 2.05) is 43.1 Å². The molecule has 2 N–H and O–H groups in total. The molecule has 1 aromatic carbocycles. The number of nitrogens with zero attached hydrogens (tertiary/aromatic N) is 2. The minimum atomic E-state index is -0.800. The van der Waals surface area contributed by atoms with Crippen LogP contribution in [0.1, 0.15) is 31.7 Å². The molecule has 158 valence electrons. The number of benzene rings is 1. The van der Waals surface area contributed by atoms with Crippen LogP contribution in [0.3, 0.4) is 0 Å². The zero-order valence-electron chi connectivity index (χ0n) is 16.7. The van der Waals surface area contributed by atoms with Crippen LogP contribution >= 0.6 is 12.4 Å². The standard InChI is InChI=1S/C20H31N3O4.ClH/c1-3-27-18-8-4-6-16(12-18)13-21-19(24)14-23-10-5-7-17(9-11-23)22(2)15-20(25)26;/h4,6,8,12,17H,3,5,7,9-11,13-15H2,1-2H3,(H,21,24)(H,25,26);1H. The largest absolute Gasteiger partial charge is 0.494 e. The fourth-order valence-corrected chi connectivity index (χ4v) is 3.45. The first-order valence-electron chi connectivity index (χ1n) is 9.60. The molecule has 28 heavy (non-hydrogen) atoms. The molecule has 1 unspecified atom stereocenters. The number of aliphatic carboxylic acids is 1. The Bertz CT molecular complexity index is 629. The number of hydrogen-bond acceptors (Lipinski definition) is 5. The highest BCUT2D eigenvalue weighted by molar-refractivity contribution is 5.85. The van der Waals surface area contributed by atoms with Gasteiger partial charge in [-0.3, -0.25) is 19.4 Å². The maximum absolute atomic E-state index is 12.3. The lowest BCUT2D eigenvalue weighted by Gasteiger charge is -2.25. The summed E-state index contributed by atoms with van der Waals surface area (Å²) in [7, 11) is 1.86. The van der Waals surface area contributed by atoms with Crippen molar-refractivity contribution in [3.8, 4) is 5.75 Å². The SMILES string of the molecule is CCOc1cccc(CNC(=O)CN2CCCC(N(C)CC(=O)O)CC2)c1.Cl. The summed E-state index contributed by atoms with van der Waals surface area (Å²) in [4.78, 5) is 27.2. The maximum atomic E-state index is 12.3. The van der Waals surface area contributed by atoms with E-state index in [0.29, 0.717) is 19.7 Å². The summed E-state index contributed by atoms with van der Waals surface area (Å²) in [5, 5.41) is 11.9. The Morgan fingerprint density at radius 1 is 1.32 bits per heavy atom. The fourth-order valence-electron chi connectivity index (χ4n) is 3.45. The predicted octanol–water partition coefficient (Wildman–Crippen LogP) is 1.99. The van der Waals surface area contributed by atoms with E-state index >= 15 is 0 Å². The molecule has 7 nitrogen and oxygen atoms in total. The minimum absolute atomic E-state index is 0. The van der Waals surface area contributed by atoms with Crippen LogP contribution in [0, 0.1) is 0 Å². The smallest absolute Gasteiger partial charge is 0.317 e. The number of halogens is 1. The predicted molar refractivity (Wildman–Crippen MR) is 111 cm³/mol. The lowest BCUT2D eigenvalue weighted by atomic mass is 10.1. The Morgan fingerprint density at radius 2 is 2.11 bits per heavy atom. The van der Waals surface area contributed by atoms with Gasteiger partial charge >= 0.3 is 5.97 Å². The van der Waals surface area contributed by atoms with Gasteiger partial charge in [-0.1, -0.05) is 12.1 Å². The summed E-state index contributed by atoms with van der Waals surface area (Å²) in [5.41, 5.74) is 1.01. The quantitative estimate of drug-likeness (QED) is 0.644. The Labute approximate surface area is 173 Å². The van der Waals surface area contributed by atoms with Gasteiger partial charge in [0.05, 0.1) is 19.7 Å². The third-order valence-electron chi connectivity index (χ3n) is 4.86. The van der Waals surface area contributed by atoms with Crippen molar-refractivity contribution in [2.75, 3.05) is 39.8 Å². The molecule has 1 amide bonds. The Balaban J connectivity index is 0.00000392. The van der Waals surface area contributed by atoms with Crippen molar-refractivity contribution in [3.63, 3.8) is 0 Å². The fraction of sp³-hybridized carbons (Fsp3) is 0.600. The van der Waals surface area contributed by atoms with Gasteiger partial charge < -0.3 is 15.2 Å². The summed E-state index contributed by atoms with van der Waals surface area (Å²) in [6.07, 6.45) is 2.82. The van der Waals surface area contributed by atoms with Crippen molar-refractivity contribution in [2.24, 2.45) is 0 Å². The second-order valence-corrected chi connectivity index (χ2v) is 7.03. The molecule has 2 rings (SSSR count). The third kappa shape index (κ3) is 8.46. The second kappa shape index (κ2) is 12.6. The molecular weight excluding hydrogens is 382 g/mol. The highest BCUT2D eigenvalue weighted by atomic mass is 35.5. The van der Waals surface area contributed by atoms with Gasteiger partial charge in [-0.05, 0) is 57.5 Å². The van der Waals surface area contributed by atoms with Crippen molar-refractivity contribution in [3.05, 3.63) is 29.8 Å². The molecule has 1 fully saturated rings. The molecule has 8 heteroatoms. The highest BCUT2D eigenvalue weighted by Crippen LogP contribution is 2.16. The molecule has 1 aromatic rings. The molecule has 0 aromatic heterocycles. The first-order chi connectivity index (χ1) is 13.0. The van der Waals surface area contributed by atoms with Gasteiger partial charge in [0.15, 0.2) is 0 Å². The van der Waals surface area contributed by atoms with Gasteiger partial charge in [-0.2, -0.15) is 0 Å². The van der Waals surface area contributed by atoms with Crippen LogP contribution in [0.5, 0.6) is 5.75 Å². The van der Waals surface area contributed by atoms with E-state index in [4.69, 9.17) is 9.84 Å². The Hall–Kier alpha value is -1.83. The average Bonchev–Trinajstić information content (AvgIpc) is 2.86. The van der Waals surface area contributed by atoms with E-state index in [9.17, 15) is 9.59 Å². The zero-order chi connectivity index (χ0) is 19.6. The van der Waals surface area contributed by atoms with Crippen LogP contribution in [-0.4, -0.2) is 72.7 Å². The van der Waals surface area contributed by atoms with E-state index in [-0.39, 0.29) is 30.9 Å². The number of carboxylic acid groups (broad SMARTS) is 1. The average molecular weight is 414 g/mol. The number of rotatable bonds is 9. The van der Waals surface area contributed by atoms with Gasteiger partial charge in [-0.25, -0.2) is 0 Å². The second-order valence-electron chi connectivity index (χ2n) is 7.03. The topological polar surface area (TPSA) is 82.1 Å². The van der Waals surface area contributed by atoms with Crippen LogP contribution in [0.4, 0.5) is 0 Å². The summed E-state index contributed by atoms with van der Waals surface area (Å²) < 4.78 is 5.48. The third-order valence-corrected chi connectivity index (χ3v) is 4.86. The number of likely N-dealkylation sites (tertiary alicyclic amines) is 1. The molecule has 1 heterocycles. The molecule has 0 radical (unpaired) electrons. The van der Waals surface area contributed by atoms with Crippen LogP contribution in [0.25, 0.3) is 0 Å². The van der Waals surface area contributed by atoms with Gasteiger partial charge in [0.2, 0.25) is 5.91 Å². The summed E-state index contributed by atoms with van der Waals surface area (Å²) >= 11 is 0. The number of carboxylic acids is 1. The number of nitrogens with one attached hydrogen (secondary N) is 1. The van der Waals surface area contributed by atoms with Gasteiger partial charge in [0, 0.05) is 19.1 Å². The molecule has 0 spiro atoms. The summed E-state index contributed by atoms with van der Waals surface area (Å²) in [6.45, 7) is 5.16. The monoisotopic (exact) mass is 413 g/mol. The first-order valence-corrected chi connectivity index (χ1v) is 9.60. The lowest BCUT2D eigenvalue weighted by molar-refractivity contribution is -0.138. The molecule has 0 bridgehead atoms. The minimum Gasteiger partial charge on any atom is -0.494 e. The van der Waals surface area contributed by atoms with Gasteiger partial charge in [-0.15, -0.1) is 12.4 Å². The Kier molecular flexibility index (Phi) is 10.9. The normalized spacial score (nSPS) is 17.5. The Morgan fingerprint density at radius 3 is 2.82 bits per heavy atom.